The van der Waals surface area contributed by atoms with Crippen LogP contribution < -0.4 is 4.74 Å². The first-order valence-electron chi connectivity index (χ1n) is 15.0. The molecule has 5 rings (SSSR count). The Morgan fingerprint density at radius 1 is 1.12 bits per heavy atom. The van der Waals surface area contributed by atoms with E-state index in [4.69, 9.17) is 9.47 Å². The quantitative estimate of drug-likeness (QED) is 0.221. The Bertz CT molecular complexity index is 1170. The maximum atomic E-state index is 12.3. The number of benzene rings is 1. The predicted molar refractivity (Wildman–Crippen MR) is 150 cm³/mol. The highest BCUT2D eigenvalue weighted by atomic mass is 16.5. The van der Waals surface area contributed by atoms with E-state index in [0.29, 0.717) is 36.8 Å². The van der Waals surface area contributed by atoms with Crippen LogP contribution in [0.15, 0.2) is 17.7 Å². The van der Waals surface area contributed by atoms with Gasteiger partial charge >= 0.3 is 5.97 Å². The van der Waals surface area contributed by atoms with Gasteiger partial charge < -0.3 is 35.0 Å². The van der Waals surface area contributed by atoms with Gasteiger partial charge in [-0.25, -0.2) is 4.79 Å². The van der Waals surface area contributed by atoms with Gasteiger partial charge in [0.1, 0.15) is 22.7 Å². The molecule has 0 radical (unpaired) electrons. The van der Waals surface area contributed by atoms with Crippen molar-refractivity contribution in [2.45, 2.75) is 121 Å². The number of aliphatic hydroxyl groups excluding tert-OH is 2. The van der Waals surface area contributed by atoms with Crippen molar-refractivity contribution in [1.29, 1.82) is 0 Å². The zero-order valence-electron chi connectivity index (χ0n) is 24.3. The van der Waals surface area contributed by atoms with E-state index in [1.165, 1.54) is 18.9 Å². The van der Waals surface area contributed by atoms with Gasteiger partial charge in [0.2, 0.25) is 0 Å². The van der Waals surface area contributed by atoms with Crippen molar-refractivity contribution in [2.75, 3.05) is 6.61 Å². The molecule has 2 aliphatic heterocycles. The average molecular weight is 559 g/mol. The number of aliphatic hydroxyl groups is 3. The van der Waals surface area contributed by atoms with Gasteiger partial charge in [-0.15, -0.1) is 0 Å². The van der Waals surface area contributed by atoms with Gasteiger partial charge in [-0.2, -0.15) is 0 Å². The molecule has 0 saturated heterocycles. The van der Waals surface area contributed by atoms with Crippen LogP contribution in [0.25, 0.3) is 0 Å². The molecule has 0 unspecified atom stereocenters. The Hall–Kier alpha value is -2.13. The highest BCUT2D eigenvalue weighted by molar-refractivity contribution is 5.95. The highest BCUT2D eigenvalue weighted by Gasteiger charge is 2.63. The molecule has 2 heterocycles. The van der Waals surface area contributed by atoms with Crippen LogP contribution >= 0.6 is 0 Å². The average Bonchev–Trinajstić information content (AvgIpc) is 2.90. The summed E-state index contributed by atoms with van der Waals surface area (Å²) >= 11 is 0. The molecule has 7 atom stereocenters. The van der Waals surface area contributed by atoms with Crippen LogP contribution in [0, 0.1) is 17.3 Å². The van der Waals surface area contributed by atoms with E-state index in [2.05, 4.69) is 6.92 Å². The van der Waals surface area contributed by atoms with Crippen LogP contribution in [0.2, 0.25) is 0 Å². The molecule has 8 heteroatoms. The van der Waals surface area contributed by atoms with Gasteiger partial charge in [0.05, 0.1) is 36.4 Å². The second-order valence-electron chi connectivity index (χ2n) is 13.5. The van der Waals surface area contributed by atoms with Crippen molar-refractivity contribution >= 4 is 5.97 Å². The number of aromatic carboxylic acids is 1. The zero-order chi connectivity index (χ0) is 29.0. The molecule has 4 aliphatic rings. The fraction of sp³-hybridized carbons (Fsp3) is 0.719. The Morgan fingerprint density at radius 2 is 1.85 bits per heavy atom. The predicted octanol–water partition coefficient (Wildman–Crippen LogP) is 5.05. The van der Waals surface area contributed by atoms with Crippen LogP contribution in [0.5, 0.6) is 11.5 Å². The molecule has 0 spiro atoms. The molecule has 1 fully saturated rings. The maximum Gasteiger partial charge on any atom is 0.343 e. The van der Waals surface area contributed by atoms with Crippen molar-refractivity contribution < 1.29 is 39.8 Å². The lowest BCUT2D eigenvalue weighted by Gasteiger charge is -2.60. The SMILES string of the molecule is CCCCCCC[C@@H]1Cc2cc(O)c(C(=O)O)c3c2[C@H](O1)[C@H]1[C@@H](O)/C=C(/CO)[C@H]2CC(C)(C)[C@]2(O)CC[C@]1(C)O3. The summed E-state index contributed by atoms with van der Waals surface area (Å²) in [6.07, 6.45) is 8.14. The Labute approximate surface area is 237 Å². The molecule has 222 valence electrons. The number of carboxylic acids is 1. The molecule has 5 N–H and O–H groups in total. The molecular formula is C32H46O8. The van der Waals surface area contributed by atoms with E-state index in [1.54, 1.807) is 6.08 Å². The zero-order valence-corrected chi connectivity index (χ0v) is 24.3. The normalized spacial score (nSPS) is 37.2. The highest BCUT2D eigenvalue weighted by Crippen LogP contribution is 2.62. The van der Waals surface area contributed by atoms with E-state index in [9.17, 15) is 30.3 Å². The monoisotopic (exact) mass is 558 g/mol. The first-order valence-corrected chi connectivity index (χ1v) is 15.0. The lowest BCUT2D eigenvalue weighted by Crippen LogP contribution is -2.63. The van der Waals surface area contributed by atoms with Gasteiger partial charge in [-0.3, -0.25) is 0 Å². The third kappa shape index (κ3) is 4.65. The van der Waals surface area contributed by atoms with E-state index >= 15 is 0 Å². The molecule has 8 nitrogen and oxygen atoms in total. The smallest absolute Gasteiger partial charge is 0.343 e. The van der Waals surface area contributed by atoms with Gasteiger partial charge in [0.25, 0.3) is 0 Å². The van der Waals surface area contributed by atoms with Gasteiger partial charge in [0, 0.05) is 11.5 Å². The number of fused-ring (bicyclic) bond motifs is 3. The second kappa shape index (κ2) is 10.6. The fourth-order valence-corrected chi connectivity index (χ4v) is 8.05. The lowest BCUT2D eigenvalue weighted by molar-refractivity contribution is -0.205. The Kier molecular flexibility index (Phi) is 7.79. The number of hydrogen-bond donors (Lipinski definition) is 5. The van der Waals surface area contributed by atoms with E-state index in [0.717, 1.165) is 31.2 Å². The number of unbranched alkanes of at least 4 members (excludes halogenated alkanes) is 4. The van der Waals surface area contributed by atoms with Crippen molar-refractivity contribution in [3.63, 3.8) is 0 Å². The number of hydrogen-bond acceptors (Lipinski definition) is 7. The number of carboxylic acid groups (broad SMARTS) is 1. The molecule has 40 heavy (non-hydrogen) atoms. The first kappa shape index (κ1) is 29.4. The topological polar surface area (TPSA) is 137 Å². The minimum Gasteiger partial charge on any atom is -0.507 e. The second-order valence-corrected chi connectivity index (χ2v) is 13.5. The molecule has 0 bridgehead atoms. The Balaban J connectivity index is 1.59. The number of carbonyl (C=O) groups is 1. The lowest BCUT2D eigenvalue weighted by atomic mass is 9.48. The molecule has 0 aromatic heterocycles. The van der Waals surface area contributed by atoms with Crippen LogP contribution in [-0.4, -0.2) is 61.5 Å². The van der Waals surface area contributed by atoms with Crippen LogP contribution in [-0.2, 0) is 11.2 Å². The van der Waals surface area contributed by atoms with Gasteiger partial charge in [-0.05, 0) is 61.6 Å². The summed E-state index contributed by atoms with van der Waals surface area (Å²) in [6.45, 7) is 7.77. The molecule has 2 aliphatic carbocycles. The van der Waals surface area contributed by atoms with Crippen molar-refractivity contribution in [3.8, 4) is 11.5 Å². The van der Waals surface area contributed by atoms with E-state index < -0.39 is 40.7 Å². The first-order chi connectivity index (χ1) is 18.9. The summed E-state index contributed by atoms with van der Waals surface area (Å²) in [7, 11) is 0. The summed E-state index contributed by atoms with van der Waals surface area (Å²) in [4.78, 5) is 12.3. The molecule has 1 aromatic carbocycles. The van der Waals surface area contributed by atoms with Crippen LogP contribution in [0.3, 0.4) is 0 Å². The number of aromatic hydroxyl groups is 1. The molecule has 1 saturated carbocycles. The number of phenols is 1. The van der Waals surface area contributed by atoms with E-state index in [-0.39, 0.29) is 35.7 Å². The minimum absolute atomic E-state index is 0.0989. The van der Waals surface area contributed by atoms with Gasteiger partial charge in [-0.1, -0.05) is 59.0 Å². The maximum absolute atomic E-state index is 12.3. The largest absolute Gasteiger partial charge is 0.507 e. The summed E-state index contributed by atoms with van der Waals surface area (Å²) in [5.74, 6) is -2.43. The summed E-state index contributed by atoms with van der Waals surface area (Å²) in [6, 6.07) is 1.52. The van der Waals surface area contributed by atoms with E-state index in [1.807, 2.05) is 20.8 Å². The molecular weight excluding hydrogens is 512 g/mol. The van der Waals surface area contributed by atoms with Crippen molar-refractivity contribution in [3.05, 3.63) is 34.4 Å². The van der Waals surface area contributed by atoms with Crippen molar-refractivity contribution in [2.24, 2.45) is 17.3 Å². The van der Waals surface area contributed by atoms with Crippen LogP contribution in [0.1, 0.15) is 113 Å². The summed E-state index contributed by atoms with van der Waals surface area (Å²) < 4.78 is 13.3. The van der Waals surface area contributed by atoms with Crippen LogP contribution in [0.4, 0.5) is 0 Å². The summed E-state index contributed by atoms with van der Waals surface area (Å²) in [5, 5.41) is 54.9. The Morgan fingerprint density at radius 3 is 2.50 bits per heavy atom. The number of rotatable bonds is 8. The number of ether oxygens (including phenoxy) is 2. The fourth-order valence-electron chi connectivity index (χ4n) is 8.05. The van der Waals surface area contributed by atoms with Gasteiger partial charge in [0.15, 0.2) is 0 Å². The third-order valence-electron chi connectivity index (χ3n) is 10.5. The molecule has 0 amide bonds. The minimum atomic E-state index is -1.29. The molecule has 1 aromatic rings. The third-order valence-corrected chi connectivity index (χ3v) is 10.5. The van der Waals surface area contributed by atoms with Crippen molar-refractivity contribution in [1.82, 2.24) is 0 Å². The standard InChI is InChI=1S/C32H46O8/c1-5-6-7-8-9-10-20-13-18-14-22(34)25(29(36)37)27-24(18)28(39-20)26-23(35)15-19(17-33)21-16-30(2,3)32(21,38)12-11-31(26,4)40-27/h14-15,20-21,23,26,28,33-35,38H,5-13,16-17H2,1-4H3,(H,36,37)/b19-15-/t20-,21-,23+,26-,28+,31+,32+/m1/s1. The summed E-state index contributed by atoms with van der Waals surface area (Å²) in [5.41, 5.74) is -0.940.